The summed E-state index contributed by atoms with van der Waals surface area (Å²) in [6.45, 7) is 1.33. The number of nitrogens with one attached hydrogen (secondary N) is 1. The predicted octanol–water partition coefficient (Wildman–Crippen LogP) is 10.4. The fourth-order valence-corrected chi connectivity index (χ4v) is 11.5. The predicted molar refractivity (Wildman–Crippen MR) is 373 cm³/mol. The van der Waals surface area contributed by atoms with Gasteiger partial charge in [-0.15, -0.1) is 0 Å². The number of aliphatic hydroxyl groups excluding tert-OH is 11. The van der Waals surface area contributed by atoms with Crippen LogP contribution in [0.25, 0.3) is 0 Å². The largest absolute Gasteiger partial charge is 0.394 e. The van der Waals surface area contributed by atoms with E-state index in [0.29, 0.717) is 12.8 Å². The molecule has 3 fully saturated rings. The Kier molecular flexibility index (Phi) is 50.3. The summed E-state index contributed by atoms with van der Waals surface area (Å²) in [4.78, 5) is 13.3. The van der Waals surface area contributed by atoms with Gasteiger partial charge in [-0.3, -0.25) is 4.79 Å². The monoisotopic (exact) mass is 1340 g/mol. The number of carbonyl (C=O) groups is 1. The van der Waals surface area contributed by atoms with Crippen molar-refractivity contribution in [1.82, 2.24) is 5.32 Å². The second-order valence-corrected chi connectivity index (χ2v) is 25.3. The van der Waals surface area contributed by atoms with Crippen molar-refractivity contribution in [3.05, 3.63) is 122 Å². The maximum Gasteiger partial charge on any atom is 0.220 e. The van der Waals surface area contributed by atoms with E-state index >= 15 is 0 Å². The van der Waals surface area contributed by atoms with Crippen LogP contribution in [0, 0.1) is 0 Å². The van der Waals surface area contributed by atoms with Gasteiger partial charge in [0.2, 0.25) is 5.91 Å². The molecular formula is C76H127NO18. The molecule has 0 aromatic carbocycles. The first-order chi connectivity index (χ1) is 46.3. The quantitative estimate of drug-likeness (QED) is 0.0199. The third-order valence-corrected chi connectivity index (χ3v) is 17.3. The average Bonchev–Trinajstić information content (AvgIpc) is 0.795. The van der Waals surface area contributed by atoms with Crippen LogP contribution in [-0.2, 0) is 33.2 Å². The maximum absolute atomic E-state index is 13.3. The molecule has 0 aliphatic carbocycles. The fraction of sp³-hybridized carbons (Fsp3) is 0.724. The van der Waals surface area contributed by atoms with Crippen LogP contribution in [0.2, 0.25) is 0 Å². The van der Waals surface area contributed by atoms with Crippen LogP contribution < -0.4 is 5.32 Å². The molecule has 0 bridgehead atoms. The van der Waals surface area contributed by atoms with Crippen molar-refractivity contribution in [2.75, 3.05) is 26.4 Å². The maximum atomic E-state index is 13.3. The van der Waals surface area contributed by atoms with Crippen molar-refractivity contribution in [2.45, 2.75) is 324 Å². The number of carbonyl (C=O) groups excluding carboxylic acids is 1. The summed E-state index contributed by atoms with van der Waals surface area (Å²) < 4.78 is 34.2. The van der Waals surface area contributed by atoms with Crippen LogP contribution in [0.5, 0.6) is 0 Å². The Morgan fingerprint density at radius 2 is 0.747 bits per heavy atom. The Hall–Kier alpha value is -3.81. The van der Waals surface area contributed by atoms with Gasteiger partial charge < -0.3 is 89.9 Å². The number of hydrogen-bond acceptors (Lipinski definition) is 18. The van der Waals surface area contributed by atoms with E-state index in [0.717, 1.165) is 83.5 Å². The third kappa shape index (κ3) is 37.3. The summed E-state index contributed by atoms with van der Waals surface area (Å²) in [6.07, 6.45) is 51.2. The zero-order chi connectivity index (χ0) is 68.9. The first kappa shape index (κ1) is 85.4. The lowest BCUT2D eigenvalue weighted by Gasteiger charge is -2.48. The van der Waals surface area contributed by atoms with E-state index in [1.54, 1.807) is 6.08 Å². The first-order valence-electron chi connectivity index (χ1n) is 36.3. The summed E-state index contributed by atoms with van der Waals surface area (Å²) in [5, 5.41) is 120. The molecule has 3 rings (SSSR count). The molecule has 0 aromatic rings. The summed E-state index contributed by atoms with van der Waals surface area (Å²) in [6, 6.07) is -0.999. The number of hydrogen-bond donors (Lipinski definition) is 12. The molecule has 3 aliphatic heterocycles. The third-order valence-electron chi connectivity index (χ3n) is 17.3. The van der Waals surface area contributed by atoms with Gasteiger partial charge in [-0.1, -0.05) is 238 Å². The topological polar surface area (TPSA) is 307 Å². The minimum absolute atomic E-state index is 0.227. The van der Waals surface area contributed by atoms with Gasteiger partial charge in [-0.25, -0.2) is 0 Å². The highest BCUT2D eigenvalue weighted by Gasteiger charge is 2.53. The molecule has 3 aliphatic rings. The lowest BCUT2D eigenvalue weighted by Crippen LogP contribution is -2.66. The van der Waals surface area contributed by atoms with E-state index in [4.69, 9.17) is 28.4 Å². The van der Waals surface area contributed by atoms with Crippen molar-refractivity contribution in [3.8, 4) is 0 Å². The molecule has 17 atom stereocenters. The summed E-state index contributed by atoms with van der Waals surface area (Å²) in [5.74, 6) is -0.295. The molecule has 544 valence electrons. The van der Waals surface area contributed by atoms with Gasteiger partial charge in [0.1, 0.15) is 73.2 Å². The minimum Gasteiger partial charge on any atom is -0.394 e. The SMILES string of the molecule is C/C=C/CC/C=C/CC/C=C/C(O)C(COC1OC(CO)C(OC2OC(CO)C(OC3OC(CO)C(O)C(O)C3O)C(O)C2O)C(O)C1O)NC(=O)CCCCCCCCCCCCCCCCCCCCC/C=C\C/C=C\C/C=C\C/C=C\C/C=C\C/C=C\C/C=C\CC. The molecule has 95 heavy (non-hydrogen) atoms. The van der Waals surface area contributed by atoms with Crippen LogP contribution in [0.4, 0.5) is 0 Å². The van der Waals surface area contributed by atoms with E-state index in [9.17, 15) is 61.0 Å². The van der Waals surface area contributed by atoms with E-state index in [1.807, 2.05) is 19.1 Å². The van der Waals surface area contributed by atoms with Crippen molar-refractivity contribution in [3.63, 3.8) is 0 Å². The summed E-state index contributed by atoms with van der Waals surface area (Å²) in [5.41, 5.74) is 0. The van der Waals surface area contributed by atoms with Gasteiger partial charge >= 0.3 is 0 Å². The minimum atomic E-state index is -1.98. The van der Waals surface area contributed by atoms with Gasteiger partial charge in [-0.05, 0) is 96.8 Å². The summed E-state index contributed by atoms with van der Waals surface area (Å²) >= 11 is 0. The zero-order valence-electron chi connectivity index (χ0n) is 57.6. The molecule has 3 heterocycles. The number of ether oxygens (including phenoxy) is 6. The van der Waals surface area contributed by atoms with E-state index in [-0.39, 0.29) is 18.9 Å². The molecular weight excluding hydrogens is 1210 g/mol. The highest BCUT2D eigenvalue weighted by molar-refractivity contribution is 5.76. The number of allylic oxidation sites excluding steroid dienone is 19. The second kappa shape index (κ2) is 56.0. The number of unbranched alkanes of at least 4 members (excludes halogenated alkanes) is 21. The Morgan fingerprint density at radius 3 is 1.18 bits per heavy atom. The van der Waals surface area contributed by atoms with Crippen LogP contribution in [0.1, 0.15) is 219 Å². The van der Waals surface area contributed by atoms with Gasteiger partial charge in [0, 0.05) is 6.42 Å². The molecule has 1 amide bonds. The fourth-order valence-electron chi connectivity index (χ4n) is 11.5. The lowest BCUT2D eigenvalue weighted by atomic mass is 9.96. The second-order valence-electron chi connectivity index (χ2n) is 25.3. The highest BCUT2D eigenvalue weighted by Crippen LogP contribution is 2.33. The normalized spacial score (nSPS) is 27.9. The number of amides is 1. The average molecular weight is 1340 g/mol. The standard InChI is InChI=1S/C76H127NO18/c1-3-5-7-9-11-13-14-15-16-17-18-19-20-21-22-23-24-25-26-27-28-29-30-31-32-33-34-35-36-37-38-39-40-41-42-43-44-46-48-50-52-54-64(82)77-59(60(81)53-51-49-47-45-12-10-8-6-4-2)58-90-74-70(88)67(85)72(62(56-79)92-74)95-76-71(89)68(86)73(63(57-80)93-76)94-75-69(87)66(84)65(83)61(55-78)91-75/h4-7,11-13,15-16,18-19,21-22,24-25,27-28,45,51,53,59-63,65-76,78-81,83-89H,3,8-10,14,17,20,23,26,29-44,46-50,52,54-58H2,1-2H3,(H,77,82)/b6-4+,7-5-,13-11-,16-15-,19-18-,22-21-,25-24-,28-27-,45-12+,53-51+. The molecule has 17 unspecified atom stereocenters. The Balaban J connectivity index is 1.26. The molecule has 12 N–H and O–H groups in total. The Morgan fingerprint density at radius 1 is 0.400 bits per heavy atom. The van der Waals surface area contributed by atoms with Gasteiger partial charge in [0.15, 0.2) is 18.9 Å². The van der Waals surface area contributed by atoms with Crippen molar-refractivity contribution in [1.29, 1.82) is 0 Å². The molecule has 0 radical (unpaired) electrons. The first-order valence-corrected chi connectivity index (χ1v) is 36.3. The Labute approximate surface area is 569 Å². The van der Waals surface area contributed by atoms with E-state index < -0.39 is 124 Å². The molecule has 0 aromatic heterocycles. The number of aliphatic hydroxyl groups is 11. The van der Waals surface area contributed by atoms with Crippen molar-refractivity contribution < 1.29 is 89.4 Å². The number of rotatable bonds is 54. The van der Waals surface area contributed by atoms with Crippen LogP contribution >= 0.6 is 0 Å². The molecule has 19 heteroatoms. The molecule has 19 nitrogen and oxygen atoms in total. The lowest BCUT2D eigenvalue weighted by molar-refractivity contribution is -0.379. The van der Waals surface area contributed by atoms with E-state index in [1.165, 1.54) is 103 Å². The van der Waals surface area contributed by atoms with E-state index in [2.05, 4.69) is 116 Å². The van der Waals surface area contributed by atoms with Crippen LogP contribution in [0.15, 0.2) is 122 Å². The summed E-state index contributed by atoms with van der Waals surface area (Å²) in [7, 11) is 0. The van der Waals surface area contributed by atoms with Gasteiger partial charge in [-0.2, -0.15) is 0 Å². The smallest absolute Gasteiger partial charge is 0.220 e. The van der Waals surface area contributed by atoms with Gasteiger partial charge in [0.05, 0.1) is 38.6 Å². The molecule has 0 spiro atoms. The van der Waals surface area contributed by atoms with Gasteiger partial charge in [0.25, 0.3) is 0 Å². The molecule has 0 saturated carbocycles. The van der Waals surface area contributed by atoms with Crippen LogP contribution in [0.3, 0.4) is 0 Å². The zero-order valence-corrected chi connectivity index (χ0v) is 57.6. The molecule has 3 saturated heterocycles. The van der Waals surface area contributed by atoms with Crippen molar-refractivity contribution >= 4 is 5.91 Å². The highest BCUT2D eigenvalue weighted by atomic mass is 16.8. The van der Waals surface area contributed by atoms with Crippen molar-refractivity contribution in [2.24, 2.45) is 0 Å². The Bertz CT molecular complexity index is 2190. The van der Waals surface area contributed by atoms with Crippen LogP contribution in [-0.4, -0.2) is 193 Å².